The molecule has 2 N–H and O–H groups in total. The third kappa shape index (κ3) is 2.95. The normalized spacial score (nSPS) is 24.3. The maximum atomic E-state index is 4.30. The van der Waals surface area contributed by atoms with Gasteiger partial charge < -0.3 is 10.6 Å². The lowest BCUT2D eigenvalue weighted by Gasteiger charge is -2.09. The van der Waals surface area contributed by atoms with Crippen LogP contribution in [0.1, 0.15) is 23.2 Å². The molecule has 1 saturated carbocycles. The average Bonchev–Trinajstić information content (AvgIpc) is 2.78. The monoisotopic (exact) mass is 238 g/mol. The van der Waals surface area contributed by atoms with Crippen LogP contribution < -0.4 is 10.6 Å². The minimum absolute atomic E-state index is 0.601. The van der Waals surface area contributed by atoms with Crippen molar-refractivity contribution in [3.05, 3.63) is 16.1 Å². The highest BCUT2D eigenvalue weighted by Crippen LogP contribution is 2.28. The van der Waals surface area contributed by atoms with Crippen molar-refractivity contribution in [2.45, 2.75) is 32.9 Å². The molecule has 16 heavy (non-hydrogen) atoms. The first-order valence-corrected chi connectivity index (χ1v) is 6.39. The SMILES string of the molecule is CN=C(NCc1ncc(C)s1)NC1CC1C. The molecule has 0 amide bonds. The van der Waals surface area contributed by atoms with Crippen LogP contribution in [0.5, 0.6) is 0 Å². The molecule has 5 heteroatoms. The van der Waals surface area contributed by atoms with Crippen molar-refractivity contribution in [1.82, 2.24) is 15.6 Å². The first kappa shape index (κ1) is 11.4. The highest BCUT2D eigenvalue weighted by molar-refractivity contribution is 7.11. The first-order valence-electron chi connectivity index (χ1n) is 5.57. The number of aromatic nitrogens is 1. The van der Waals surface area contributed by atoms with Gasteiger partial charge in [-0.25, -0.2) is 4.98 Å². The fourth-order valence-electron chi connectivity index (χ4n) is 1.54. The van der Waals surface area contributed by atoms with Crippen LogP contribution in [0, 0.1) is 12.8 Å². The van der Waals surface area contributed by atoms with Crippen LogP contribution in [0.3, 0.4) is 0 Å². The summed E-state index contributed by atoms with van der Waals surface area (Å²) in [5, 5.41) is 7.76. The number of hydrogen-bond donors (Lipinski definition) is 2. The predicted molar refractivity (Wildman–Crippen MR) is 67.8 cm³/mol. The zero-order valence-corrected chi connectivity index (χ0v) is 10.8. The number of guanidine groups is 1. The molecular formula is C11H18N4S. The van der Waals surface area contributed by atoms with Crippen LogP contribution in [0.4, 0.5) is 0 Å². The van der Waals surface area contributed by atoms with Gasteiger partial charge in [-0.3, -0.25) is 4.99 Å². The van der Waals surface area contributed by atoms with Gasteiger partial charge >= 0.3 is 0 Å². The van der Waals surface area contributed by atoms with Crippen molar-refractivity contribution >= 4 is 17.3 Å². The number of aryl methyl sites for hydroxylation is 1. The molecule has 1 heterocycles. The number of nitrogens with zero attached hydrogens (tertiary/aromatic N) is 2. The molecule has 1 aliphatic rings. The summed E-state index contributed by atoms with van der Waals surface area (Å²) in [5.41, 5.74) is 0. The first-order chi connectivity index (χ1) is 7.69. The van der Waals surface area contributed by atoms with Crippen LogP contribution in [0.2, 0.25) is 0 Å². The highest BCUT2D eigenvalue weighted by atomic mass is 32.1. The van der Waals surface area contributed by atoms with E-state index in [0.29, 0.717) is 6.04 Å². The summed E-state index contributed by atoms with van der Waals surface area (Å²) in [7, 11) is 1.80. The summed E-state index contributed by atoms with van der Waals surface area (Å²) in [4.78, 5) is 9.75. The van der Waals surface area contributed by atoms with Crippen LogP contribution in [0.25, 0.3) is 0 Å². The van der Waals surface area contributed by atoms with Crippen molar-refractivity contribution < 1.29 is 0 Å². The van der Waals surface area contributed by atoms with Gasteiger partial charge in [0, 0.05) is 24.2 Å². The Bertz CT molecular complexity index is 385. The fourth-order valence-corrected chi connectivity index (χ4v) is 2.26. The second kappa shape index (κ2) is 4.82. The van der Waals surface area contributed by atoms with Crippen molar-refractivity contribution in [1.29, 1.82) is 0 Å². The second-order valence-corrected chi connectivity index (χ2v) is 5.57. The van der Waals surface area contributed by atoms with Gasteiger partial charge in [0.15, 0.2) is 5.96 Å². The Morgan fingerprint density at radius 1 is 1.69 bits per heavy atom. The van der Waals surface area contributed by atoms with Gasteiger partial charge in [-0.1, -0.05) is 6.92 Å². The Morgan fingerprint density at radius 2 is 2.44 bits per heavy atom. The van der Waals surface area contributed by atoms with E-state index in [1.54, 1.807) is 18.4 Å². The third-order valence-electron chi connectivity index (χ3n) is 2.73. The molecular weight excluding hydrogens is 220 g/mol. The summed E-state index contributed by atoms with van der Waals surface area (Å²) in [5.74, 6) is 1.66. The van der Waals surface area contributed by atoms with Crippen LogP contribution in [-0.4, -0.2) is 24.0 Å². The largest absolute Gasteiger partial charge is 0.353 e. The Balaban J connectivity index is 1.79. The molecule has 1 aromatic heterocycles. The minimum atomic E-state index is 0.601. The predicted octanol–water partition coefficient (Wildman–Crippen LogP) is 1.52. The van der Waals surface area contributed by atoms with E-state index in [4.69, 9.17) is 0 Å². The molecule has 0 saturated heterocycles. The van der Waals surface area contributed by atoms with Gasteiger partial charge in [0.25, 0.3) is 0 Å². The standard InChI is InChI=1S/C11H18N4S/c1-7-4-9(7)15-11(12-3)14-6-10-13-5-8(2)16-10/h5,7,9H,4,6H2,1-3H3,(H2,12,14,15). The smallest absolute Gasteiger partial charge is 0.191 e. The van der Waals surface area contributed by atoms with Gasteiger partial charge in [-0.2, -0.15) is 0 Å². The van der Waals surface area contributed by atoms with Gasteiger partial charge in [0.2, 0.25) is 0 Å². The highest BCUT2D eigenvalue weighted by Gasteiger charge is 2.33. The molecule has 0 aromatic carbocycles. The Hall–Kier alpha value is -1.10. The second-order valence-electron chi connectivity index (χ2n) is 4.25. The summed E-state index contributed by atoms with van der Waals surface area (Å²) in [6.45, 7) is 5.06. The van der Waals surface area contributed by atoms with Crippen LogP contribution >= 0.6 is 11.3 Å². The molecule has 2 unspecified atom stereocenters. The van der Waals surface area contributed by atoms with E-state index < -0.39 is 0 Å². The van der Waals surface area contributed by atoms with E-state index in [-0.39, 0.29) is 0 Å². The molecule has 1 aromatic rings. The van der Waals surface area contributed by atoms with E-state index in [0.717, 1.165) is 23.4 Å². The minimum Gasteiger partial charge on any atom is -0.353 e. The molecule has 0 spiro atoms. The maximum Gasteiger partial charge on any atom is 0.191 e. The zero-order valence-electron chi connectivity index (χ0n) is 9.95. The van der Waals surface area contributed by atoms with Crippen LogP contribution in [-0.2, 0) is 6.54 Å². The summed E-state index contributed by atoms with van der Waals surface area (Å²) >= 11 is 1.72. The van der Waals surface area contributed by atoms with Crippen molar-refractivity contribution in [2.75, 3.05) is 7.05 Å². The summed E-state index contributed by atoms with van der Waals surface area (Å²) in [6.07, 6.45) is 3.15. The molecule has 4 nitrogen and oxygen atoms in total. The number of hydrogen-bond acceptors (Lipinski definition) is 3. The molecule has 2 atom stereocenters. The van der Waals surface area contributed by atoms with Gasteiger partial charge in [0.05, 0.1) is 6.54 Å². The third-order valence-corrected chi connectivity index (χ3v) is 3.64. The average molecular weight is 238 g/mol. The summed E-state index contributed by atoms with van der Waals surface area (Å²) in [6, 6.07) is 0.601. The molecule has 0 bridgehead atoms. The van der Waals surface area contributed by atoms with Gasteiger partial charge in [-0.05, 0) is 19.3 Å². The van der Waals surface area contributed by atoms with Crippen molar-refractivity contribution in [2.24, 2.45) is 10.9 Å². The van der Waals surface area contributed by atoms with Crippen LogP contribution in [0.15, 0.2) is 11.2 Å². The number of thiazole rings is 1. The lowest BCUT2D eigenvalue weighted by molar-refractivity contribution is 0.762. The van der Waals surface area contributed by atoms with E-state index in [1.807, 2.05) is 6.20 Å². The number of aliphatic imine (C=N–C) groups is 1. The Morgan fingerprint density at radius 3 is 2.94 bits per heavy atom. The van der Waals surface area contributed by atoms with E-state index in [1.165, 1.54) is 11.3 Å². The van der Waals surface area contributed by atoms with E-state index >= 15 is 0 Å². The zero-order chi connectivity index (χ0) is 11.5. The van der Waals surface area contributed by atoms with Gasteiger partial charge in [0.1, 0.15) is 5.01 Å². The molecule has 88 valence electrons. The summed E-state index contributed by atoms with van der Waals surface area (Å²) < 4.78 is 0. The molecule has 1 fully saturated rings. The number of nitrogens with one attached hydrogen (secondary N) is 2. The van der Waals surface area contributed by atoms with E-state index in [2.05, 4.69) is 34.5 Å². The lowest BCUT2D eigenvalue weighted by atomic mass is 10.5. The molecule has 2 rings (SSSR count). The Labute approximate surface area is 100 Å². The lowest BCUT2D eigenvalue weighted by Crippen LogP contribution is -2.38. The van der Waals surface area contributed by atoms with Gasteiger partial charge in [-0.15, -0.1) is 11.3 Å². The fraction of sp³-hybridized carbons (Fsp3) is 0.636. The quantitative estimate of drug-likeness (QED) is 0.620. The maximum absolute atomic E-state index is 4.30. The molecule has 0 aliphatic heterocycles. The molecule has 0 radical (unpaired) electrons. The molecule has 1 aliphatic carbocycles. The topological polar surface area (TPSA) is 49.3 Å². The van der Waals surface area contributed by atoms with E-state index in [9.17, 15) is 0 Å². The number of rotatable bonds is 3. The van der Waals surface area contributed by atoms with Crippen molar-refractivity contribution in [3.8, 4) is 0 Å². The van der Waals surface area contributed by atoms with Crippen molar-refractivity contribution in [3.63, 3.8) is 0 Å². The Kier molecular flexibility index (Phi) is 3.43.